The van der Waals surface area contributed by atoms with Crippen LogP contribution in [0.5, 0.6) is 0 Å². The molecule has 0 unspecified atom stereocenters. The molecule has 0 aliphatic heterocycles. The molecule has 1 aliphatic rings. The quantitative estimate of drug-likeness (QED) is 0.507. The number of carbonyl (C=O) groups excluding carboxylic acids is 1. The number of rotatable bonds is 4. The van der Waals surface area contributed by atoms with Crippen LogP contribution in [0.15, 0.2) is 30.3 Å². The van der Waals surface area contributed by atoms with Crippen molar-refractivity contribution in [2.24, 2.45) is 11.3 Å². The van der Waals surface area contributed by atoms with E-state index < -0.39 is 4.92 Å². The van der Waals surface area contributed by atoms with Crippen molar-refractivity contribution in [2.75, 3.05) is 0 Å². The number of nitro benzene ring substituents is 1. The van der Waals surface area contributed by atoms with Gasteiger partial charge in [-0.25, -0.2) is 0 Å². The minimum Gasteiger partial charge on any atom is -0.350 e. The Kier molecular flexibility index (Phi) is 5.75. The van der Waals surface area contributed by atoms with Crippen molar-refractivity contribution < 1.29 is 9.72 Å². The van der Waals surface area contributed by atoms with Gasteiger partial charge in [-0.15, -0.1) is 0 Å². The third kappa shape index (κ3) is 5.18. The lowest BCUT2D eigenvalue weighted by Crippen LogP contribution is -2.38. The standard InChI is InChI=1S/C19H26N2O3/c1-19(2,3)15-7-9-16(10-8-15)20-18(22)13-6-14-4-11-17(12-5-14)21(23)24/h4-6,11-13,15-16H,7-10H2,1-3H3,(H,20,22)/b13-6+. The van der Waals surface area contributed by atoms with Gasteiger partial charge in [-0.2, -0.15) is 0 Å². The topological polar surface area (TPSA) is 72.2 Å². The lowest BCUT2D eigenvalue weighted by molar-refractivity contribution is -0.384. The van der Waals surface area contributed by atoms with E-state index in [1.54, 1.807) is 18.2 Å². The van der Waals surface area contributed by atoms with Gasteiger partial charge < -0.3 is 5.32 Å². The fourth-order valence-electron chi connectivity index (χ4n) is 3.23. The Hall–Kier alpha value is -2.17. The summed E-state index contributed by atoms with van der Waals surface area (Å²) in [6.45, 7) is 6.84. The van der Waals surface area contributed by atoms with Crippen LogP contribution in [0, 0.1) is 21.4 Å². The van der Waals surface area contributed by atoms with E-state index >= 15 is 0 Å². The second kappa shape index (κ2) is 7.60. The molecular weight excluding hydrogens is 304 g/mol. The summed E-state index contributed by atoms with van der Waals surface area (Å²) in [7, 11) is 0. The van der Waals surface area contributed by atoms with Gasteiger partial charge in [0.1, 0.15) is 0 Å². The van der Waals surface area contributed by atoms with E-state index in [1.807, 2.05) is 0 Å². The van der Waals surface area contributed by atoms with Gasteiger partial charge in [-0.05, 0) is 60.8 Å². The maximum atomic E-state index is 12.0. The molecule has 0 spiro atoms. The maximum Gasteiger partial charge on any atom is 0.269 e. The molecule has 0 heterocycles. The first kappa shape index (κ1) is 18.2. The van der Waals surface area contributed by atoms with E-state index in [-0.39, 0.29) is 17.6 Å². The van der Waals surface area contributed by atoms with Crippen molar-refractivity contribution in [2.45, 2.75) is 52.5 Å². The van der Waals surface area contributed by atoms with Crippen LogP contribution in [0.3, 0.4) is 0 Å². The van der Waals surface area contributed by atoms with E-state index in [0.29, 0.717) is 5.41 Å². The molecule has 1 fully saturated rings. The van der Waals surface area contributed by atoms with E-state index in [2.05, 4.69) is 26.1 Å². The Bertz CT molecular complexity index is 606. The molecule has 0 saturated heterocycles. The second-order valence-corrected chi connectivity index (χ2v) is 7.61. The molecule has 1 aliphatic carbocycles. The third-order valence-corrected chi connectivity index (χ3v) is 4.83. The molecule has 1 saturated carbocycles. The minimum atomic E-state index is -0.436. The molecule has 0 bridgehead atoms. The van der Waals surface area contributed by atoms with Gasteiger partial charge in [-0.3, -0.25) is 14.9 Å². The second-order valence-electron chi connectivity index (χ2n) is 7.61. The zero-order valence-electron chi connectivity index (χ0n) is 14.6. The molecule has 130 valence electrons. The van der Waals surface area contributed by atoms with Crippen molar-refractivity contribution in [3.05, 3.63) is 46.0 Å². The number of hydrogen-bond donors (Lipinski definition) is 1. The largest absolute Gasteiger partial charge is 0.350 e. The predicted molar refractivity (Wildman–Crippen MR) is 95.5 cm³/mol. The summed E-state index contributed by atoms with van der Waals surface area (Å²) in [6, 6.07) is 6.39. The molecular formula is C19H26N2O3. The van der Waals surface area contributed by atoms with Crippen LogP contribution in [0.1, 0.15) is 52.0 Å². The lowest BCUT2D eigenvalue weighted by Gasteiger charge is -2.37. The Morgan fingerprint density at radius 1 is 1.17 bits per heavy atom. The molecule has 1 amide bonds. The summed E-state index contributed by atoms with van der Waals surface area (Å²) in [6.07, 6.45) is 7.54. The number of nitro groups is 1. The van der Waals surface area contributed by atoms with Crippen molar-refractivity contribution in [3.63, 3.8) is 0 Å². The Morgan fingerprint density at radius 2 is 1.75 bits per heavy atom. The highest BCUT2D eigenvalue weighted by atomic mass is 16.6. The average molecular weight is 330 g/mol. The van der Waals surface area contributed by atoms with Crippen molar-refractivity contribution in [1.29, 1.82) is 0 Å². The fraction of sp³-hybridized carbons (Fsp3) is 0.526. The van der Waals surface area contributed by atoms with Gasteiger partial charge in [0.05, 0.1) is 4.92 Å². The van der Waals surface area contributed by atoms with Gasteiger partial charge in [0.2, 0.25) is 5.91 Å². The Balaban J connectivity index is 1.82. The van der Waals surface area contributed by atoms with Crippen molar-refractivity contribution in [1.82, 2.24) is 5.32 Å². The Labute approximate surface area is 143 Å². The van der Waals surface area contributed by atoms with E-state index in [0.717, 1.165) is 37.2 Å². The molecule has 1 aromatic rings. The maximum absolute atomic E-state index is 12.0. The molecule has 0 atom stereocenters. The number of nitrogens with one attached hydrogen (secondary N) is 1. The Morgan fingerprint density at radius 3 is 2.25 bits per heavy atom. The number of carbonyl (C=O) groups is 1. The summed E-state index contributed by atoms with van der Waals surface area (Å²) in [5, 5.41) is 13.7. The summed E-state index contributed by atoms with van der Waals surface area (Å²) in [5.74, 6) is 0.619. The SMILES string of the molecule is CC(C)(C)C1CCC(NC(=O)/C=C/c2ccc([N+](=O)[O-])cc2)CC1. The monoisotopic (exact) mass is 330 g/mol. The molecule has 2 rings (SSSR count). The number of hydrogen-bond acceptors (Lipinski definition) is 3. The van der Waals surface area contributed by atoms with Gasteiger partial charge >= 0.3 is 0 Å². The van der Waals surface area contributed by atoms with E-state index in [9.17, 15) is 14.9 Å². The van der Waals surface area contributed by atoms with E-state index in [4.69, 9.17) is 0 Å². The first-order valence-corrected chi connectivity index (χ1v) is 8.49. The van der Waals surface area contributed by atoms with Crippen LogP contribution >= 0.6 is 0 Å². The molecule has 5 heteroatoms. The highest BCUT2D eigenvalue weighted by Crippen LogP contribution is 2.37. The molecule has 1 aromatic carbocycles. The van der Waals surface area contributed by atoms with Crippen LogP contribution in [0.25, 0.3) is 6.08 Å². The van der Waals surface area contributed by atoms with Gasteiger partial charge in [0.15, 0.2) is 0 Å². The van der Waals surface area contributed by atoms with Gasteiger partial charge in [0.25, 0.3) is 5.69 Å². The van der Waals surface area contributed by atoms with Gasteiger partial charge in [0, 0.05) is 24.3 Å². The smallest absolute Gasteiger partial charge is 0.269 e. The molecule has 0 aromatic heterocycles. The fourth-order valence-corrected chi connectivity index (χ4v) is 3.23. The minimum absolute atomic E-state index is 0.0483. The lowest BCUT2D eigenvalue weighted by atomic mass is 9.71. The molecule has 0 radical (unpaired) electrons. The summed E-state index contributed by atoms with van der Waals surface area (Å²) < 4.78 is 0. The summed E-state index contributed by atoms with van der Waals surface area (Å²) in [5.41, 5.74) is 1.16. The van der Waals surface area contributed by atoms with Crippen molar-refractivity contribution in [3.8, 4) is 0 Å². The molecule has 5 nitrogen and oxygen atoms in total. The van der Waals surface area contributed by atoms with Crippen LogP contribution in [0.4, 0.5) is 5.69 Å². The summed E-state index contributed by atoms with van der Waals surface area (Å²) >= 11 is 0. The summed E-state index contributed by atoms with van der Waals surface area (Å²) in [4.78, 5) is 22.2. The number of nitrogens with zero attached hydrogens (tertiary/aromatic N) is 1. The normalized spacial score (nSPS) is 21.6. The van der Waals surface area contributed by atoms with E-state index in [1.165, 1.54) is 18.2 Å². The highest BCUT2D eigenvalue weighted by Gasteiger charge is 2.29. The van der Waals surface area contributed by atoms with Crippen LogP contribution < -0.4 is 5.32 Å². The first-order chi connectivity index (χ1) is 11.3. The zero-order chi connectivity index (χ0) is 17.7. The van der Waals surface area contributed by atoms with Crippen LogP contribution in [0.2, 0.25) is 0 Å². The molecule has 1 N–H and O–H groups in total. The highest BCUT2D eigenvalue weighted by molar-refractivity contribution is 5.91. The third-order valence-electron chi connectivity index (χ3n) is 4.83. The number of amides is 1. The average Bonchev–Trinajstić information content (AvgIpc) is 2.53. The first-order valence-electron chi connectivity index (χ1n) is 8.49. The zero-order valence-corrected chi connectivity index (χ0v) is 14.6. The van der Waals surface area contributed by atoms with Gasteiger partial charge in [-0.1, -0.05) is 20.8 Å². The molecule has 24 heavy (non-hydrogen) atoms. The van der Waals surface area contributed by atoms with Crippen LogP contribution in [-0.4, -0.2) is 16.9 Å². The van der Waals surface area contributed by atoms with Crippen molar-refractivity contribution >= 4 is 17.7 Å². The number of non-ortho nitro benzene ring substituents is 1. The predicted octanol–water partition coefficient (Wildman–Crippen LogP) is 4.33. The number of benzene rings is 1. The van der Waals surface area contributed by atoms with Crippen LogP contribution in [-0.2, 0) is 4.79 Å².